The van der Waals surface area contributed by atoms with Gasteiger partial charge in [0.25, 0.3) is 0 Å². The number of hydrogen-bond acceptors (Lipinski definition) is 6. The Bertz CT molecular complexity index is 1510. The molecule has 0 atom stereocenters. The Balaban J connectivity index is 1.47. The van der Waals surface area contributed by atoms with E-state index in [2.05, 4.69) is 49.5 Å². The van der Waals surface area contributed by atoms with Crippen molar-refractivity contribution >= 4 is 44.9 Å². The molecule has 2 aromatic heterocycles. The number of carbonyl (C=O) groups excluding carboxylic acids is 1. The third-order valence-electron chi connectivity index (χ3n) is 7.17. The predicted molar refractivity (Wildman–Crippen MR) is 151 cm³/mol. The first-order valence-corrected chi connectivity index (χ1v) is 13.1. The number of urea groups is 1. The molecule has 1 aliphatic rings. The molecule has 9 nitrogen and oxygen atoms in total. The first-order valence-electron chi connectivity index (χ1n) is 13.1. The Morgan fingerprint density at radius 1 is 1.18 bits per heavy atom. The number of carbonyl (C=O) groups is 1. The molecule has 196 valence electrons. The van der Waals surface area contributed by atoms with Crippen molar-refractivity contribution in [3.8, 4) is 11.8 Å². The van der Waals surface area contributed by atoms with Crippen molar-refractivity contribution in [2.45, 2.75) is 32.7 Å². The molecule has 4 aromatic rings. The molecule has 1 aliphatic heterocycles. The number of piperidine rings is 1. The van der Waals surface area contributed by atoms with Gasteiger partial charge in [0.05, 0.1) is 29.1 Å². The molecular weight excluding hydrogens is 478 g/mol. The number of pyridine rings is 1. The summed E-state index contributed by atoms with van der Waals surface area (Å²) in [7, 11) is 2.00. The van der Waals surface area contributed by atoms with E-state index in [1.54, 1.807) is 12.3 Å². The van der Waals surface area contributed by atoms with Crippen LogP contribution >= 0.6 is 0 Å². The largest absolute Gasteiger partial charge is 0.492 e. The molecule has 1 fully saturated rings. The van der Waals surface area contributed by atoms with E-state index in [1.165, 1.54) is 0 Å². The lowest BCUT2D eigenvalue weighted by atomic mass is 10.1. The van der Waals surface area contributed by atoms with Gasteiger partial charge in [-0.2, -0.15) is 5.26 Å². The normalized spacial score (nSPS) is 14.4. The highest BCUT2D eigenvalue weighted by atomic mass is 16.5. The molecule has 0 unspecified atom stereocenters. The van der Waals surface area contributed by atoms with Gasteiger partial charge < -0.3 is 30.2 Å². The molecule has 1 saturated heterocycles. The Hall–Kier alpha value is -4.29. The lowest BCUT2D eigenvalue weighted by Crippen LogP contribution is -2.45. The summed E-state index contributed by atoms with van der Waals surface area (Å²) in [5.41, 5.74) is 4.15. The summed E-state index contributed by atoms with van der Waals surface area (Å²) < 4.78 is 7.91. The van der Waals surface area contributed by atoms with Crippen LogP contribution in [0.4, 0.5) is 21.9 Å². The van der Waals surface area contributed by atoms with Crippen molar-refractivity contribution in [2.24, 2.45) is 7.05 Å². The van der Waals surface area contributed by atoms with Crippen molar-refractivity contribution in [2.75, 3.05) is 36.9 Å². The molecule has 3 heterocycles. The van der Waals surface area contributed by atoms with E-state index in [4.69, 9.17) is 4.74 Å². The van der Waals surface area contributed by atoms with E-state index >= 15 is 0 Å². The molecule has 38 heavy (non-hydrogen) atoms. The number of nitriles is 1. The standard InChI is InChI=1S/C29H33N7O2/c1-4-36-12-9-21(10-13-36)33-29(37)34-25-15-23-24(16-27(25)38-5-2)31-18-20(17-30)28(23)32-22-7-6-19-8-11-35(3)26(19)14-22/h6-8,11,14-16,18,21H,4-5,9-10,12-13H2,1-3H3,(H,31,32)(H2,33,34,37). The van der Waals surface area contributed by atoms with E-state index in [1.807, 2.05) is 44.4 Å². The van der Waals surface area contributed by atoms with Crippen molar-refractivity contribution in [3.63, 3.8) is 0 Å². The maximum Gasteiger partial charge on any atom is 0.319 e. The van der Waals surface area contributed by atoms with Crippen LogP contribution in [0.3, 0.4) is 0 Å². The molecular formula is C29H33N7O2. The maximum absolute atomic E-state index is 13.0. The second kappa shape index (κ2) is 11.0. The van der Waals surface area contributed by atoms with Crippen LogP contribution in [0.2, 0.25) is 0 Å². The highest BCUT2D eigenvalue weighted by Crippen LogP contribution is 2.36. The van der Waals surface area contributed by atoms with Crippen molar-refractivity contribution in [3.05, 3.63) is 54.4 Å². The Morgan fingerprint density at radius 3 is 2.74 bits per heavy atom. The Morgan fingerprint density at radius 2 is 2.00 bits per heavy atom. The van der Waals surface area contributed by atoms with Crippen molar-refractivity contribution in [1.82, 2.24) is 19.8 Å². The zero-order valence-electron chi connectivity index (χ0n) is 22.0. The number of benzene rings is 2. The lowest BCUT2D eigenvalue weighted by Gasteiger charge is -2.31. The molecule has 0 radical (unpaired) electrons. The van der Waals surface area contributed by atoms with Crippen LogP contribution in [0.5, 0.6) is 5.75 Å². The van der Waals surface area contributed by atoms with E-state index in [0.29, 0.717) is 40.2 Å². The predicted octanol–water partition coefficient (Wildman–Crippen LogP) is 5.35. The number of aryl methyl sites for hydroxylation is 1. The first kappa shape index (κ1) is 25.4. The minimum atomic E-state index is -0.270. The van der Waals surface area contributed by atoms with Crippen LogP contribution in [0, 0.1) is 11.3 Å². The minimum absolute atomic E-state index is 0.130. The molecule has 0 saturated carbocycles. The molecule has 0 bridgehead atoms. The number of anilines is 3. The van der Waals surface area contributed by atoms with Crippen LogP contribution in [-0.2, 0) is 7.05 Å². The van der Waals surface area contributed by atoms with Gasteiger partial charge >= 0.3 is 6.03 Å². The Labute approximate surface area is 222 Å². The fourth-order valence-electron chi connectivity index (χ4n) is 5.03. The fourth-order valence-corrected chi connectivity index (χ4v) is 5.03. The second-order valence-corrected chi connectivity index (χ2v) is 9.59. The monoisotopic (exact) mass is 511 g/mol. The van der Waals surface area contributed by atoms with Crippen LogP contribution in [0.15, 0.2) is 48.8 Å². The molecule has 5 rings (SSSR count). The van der Waals surface area contributed by atoms with Gasteiger partial charge in [-0.15, -0.1) is 0 Å². The van der Waals surface area contributed by atoms with E-state index in [9.17, 15) is 10.1 Å². The molecule has 2 amide bonds. The SMILES string of the molecule is CCOc1cc2ncc(C#N)c(Nc3ccc4ccn(C)c4c3)c2cc1NC(=O)NC1CCN(CC)CC1. The number of nitrogens with one attached hydrogen (secondary N) is 3. The highest BCUT2D eigenvalue weighted by molar-refractivity contribution is 6.02. The smallest absolute Gasteiger partial charge is 0.319 e. The minimum Gasteiger partial charge on any atom is -0.492 e. The van der Waals surface area contributed by atoms with Gasteiger partial charge in [-0.3, -0.25) is 4.98 Å². The third-order valence-corrected chi connectivity index (χ3v) is 7.17. The van der Waals surface area contributed by atoms with Crippen molar-refractivity contribution < 1.29 is 9.53 Å². The van der Waals surface area contributed by atoms with Crippen molar-refractivity contribution in [1.29, 1.82) is 5.26 Å². The highest BCUT2D eigenvalue weighted by Gasteiger charge is 2.21. The summed E-state index contributed by atoms with van der Waals surface area (Å²) in [5.74, 6) is 0.532. The van der Waals surface area contributed by atoms with E-state index in [-0.39, 0.29) is 12.1 Å². The van der Waals surface area contributed by atoms with Gasteiger partial charge in [0, 0.05) is 61.2 Å². The average Bonchev–Trinajstić information content (AvgIpc) is 3.29. The van der Waals surface area contributed by atoms with Gasteiger partial charge in [-0.25, -0.2) is 4.79 Å². The summed E-state index contributed by atoms with van der Waals surface area (Å²) in [6.45, 7) is 7.48. The van der Waals surface area contributed by atoms with Crippen LogP contribution in [0.25, 0.3) is 21.8 Å². The maximum atomic E-state index is 13.0. The van der Waals surface area contributed by atoms with Crippen LogP contribution in [-0.4, -0.2) is 52.8 Å². The summed E-state index contributed by atoms with van der Waals surface area (Å²) >= 11 is 0. The number of hydrogen-bond donors (Lipinski definition) is 3. The topological polar surface area (TPSA) is 107 Å². The third kappa shape index (κ3) is 5.22. The number of likely N-dealkylation sites (tertiary alicyclic amines) is 1. The summed E-state index contributed by atoms with van der Waals surface area (Å²) in [5, 5.41) is 21.2. The van der Waals surface area contributed by atoms with Crippen LogP contribution in [0.1, 0.15) is 32.3 Å². The van der Waals surface area contributed by atoms with Crippen LogP contribution < -0.4 is 20.7 Å². The quantitative estimate of drug-likeness (QED) is 0.309. The molecule has 2 aromatic carbocycles. The number of fused-ring (bicyclic) bond motifs is 2. The summed E-state index contributed by atoms with van der Waals surface area (Å²) in [6, 6.07) is 13.9. The number of aromatic nitrogens is 2. The number of amides is 2. The zero-order valence-corrected chi connectivity index (χ0v) is 22.0. The average molecular weight is 512 g/mol. The number of rotatable bonds is 7. The van der Waals surface area contributed by atoms with E-state index < -0.39 is 0 Å². The molecule has 0 aliphatic carbocycles. The molecule has 9 heteroatoms. The lowest BCUT2D eigenvalue weighted by molar-refractivity contribution is 0.203. The molecule has 0 spiro atoms. The molecule has 3 N–H and O–H groups in total. The number of nitrogens with zero attached hydrogens (tertiary/aromatic N) is 4. The first-order chi connectivity index (χ1) is 18.5. The summed E-state index contributed by atoms with van der Waals surface area (Å²) in [4.78, 5) is 19.9. The van der Waals surface area contributed by atoms with Gasteiger partial charge in [-0.1, -0.05) is 13.0 Å². The van der Waals surface area contributed by atoms with Gasteiger partial charge in [0.1, 0.15) is 11.8 Å². The fraction of sp³-hybridized carbons (Fsp3) is 0.345. The zero-order chi connectivity index (χ0) is 26.6. The number of ether oxygens (including phenoxy) is 1. The summed E-state index contributed by atoms with van der Waals surface area (Å²) in [6.07, 6.45) is 5.42. The van der Waals surface area contributed by atoms with Gasteiger partial charge in [0.15, 0.2) is 0 Å². The van der Waals surface area contributed by atoms with E-state index in [0.717, 1.165) is 49.1 Å². The Kier molecular flexibility index (Phi) is 7.33. The van der Waals surface area contributed by atoms with Gasteiger partial charge in [-0.05, 0) is 56.0 Å². The van der Waals surface area contributed by atoms with Gasteiger partial charge in [0.2, 0.25) is 0 Å². The second-order valence-electron chi connectivity index (χ2n) is 9.59.